The number of benzene rings is 1. The van der Waals surface area contributed by atoms with Gasteiger partial charge in [0.05, 0.1) is 0 Å². The summed E-state index contributed by atoms with van der Waals surface area (Å²) in [6.45, 7) is 5.64. The highest BCUT2D eigenvalue weighted by atomic mass is 32.2. The fraction of sp³-hybridized carbons (Fsp3) is 0.571. The molecule has 5 heteroatoms. The molecule has 4 nitrogen and oxygen atoms in total. The average Bonchev–Trinajstić information content (AvgIpc) is 2.44. The summed E-state index contributed by atoms with van der Waals surface area (Å²) in [5, 5.41) is 31.7. The van der Waals surface area contributed by atoms with Gasteiger partial charge in [-0.15, -0.1) is 0 Å². The summed E-state index contributed by atoms with van der Waals surface area (Å²) in [7, 11) is 0. The molecule has 0 bridgehead atoms. The van der Waals surface area contributed by atoms with Crippen LogP contribution < -0.4 is 5.32 Å². The van der Waals surface area contributed by atoms with Crippen LogP contribution in [0.1, 0.15) is 32.3 Å². The molecule has 0 heterocycles. The van der Waals surface area contributed by atoms with E-state index in [1.165, 1.54) is 6.07 Å². The van der Waals surface area contributed by atoms with Crippen molar-refractivity contribution in [3.05, 3.63) is 17.7 Å². The Labute approximate surface area is 118 Å². The minimum atomic E-state index is -0.457. The Bertz CT molecular complexity index is 411. The summed E-state index contributed by atoms with van der Waals surface area (Å²) in [4.78, 5) is 0. The zero-order valence-electron chi connectivity index (χ0n) is 11.7. The quantitative estimate of drug-likeness (QED) is 0.580. The number of aromatic hydroxyl groups is 3. The van der Waals surface area contributed by atoms with Gasteiger partial charge in [-0.25, -0.2) is 0 Å². The van der Waals surface area contributed by atoms with Crippen molar-refractivity contribution in [1.82, 2.24) is 5.32 Å². The third-order valence-electron chi connectivity index (χ3n) is 3.70. The van der Waals surface area contributed by atoms with E-state index in [0.717, 1.165) is 19.4 Å². The van der Waals surface area contributed by atoms with Gasteiger partial charge in [0, 0.05) is 23.4 Å². The van der Waals surface area contributed by atoms with Crippen LogP contribution in [0.4, 0.5) is 0 Å². The second-order valence-electron chi connectivity index (χ2n) is 4.64. The number of nitrogens with one attached hydrogen (secondary N) is 1. The molecule has 0 aliphatic rings. The number of thioether (sulfide) groups is 1. The molecular formula is C14H23NO3S. The Kier molecular flexibility index (Phi) is 5.82. The lowest BCUT2D eigenvalue weighted by Gasteiger charge is -2.30. The van der Waals surface area contributed by atoms with E-state index in [1.54, 1.807) is 6.07 Å². The molecule has 0 saturated heterocycles. The molecule has 1 aromatic rings. The Hall–Kier alpha value is -1.07. The Balaban J connectivity index is 2.65. The smallest absolute Gasteiger partial charge is 0.200 e. The third kappa shape index (κ3) is 3.70. The average molecular weight is 285 g/mol. The SMILES string of the molecule is CCC(CC)(CNCc1ccc(O)c(O)c1O)SC. The Morgan fingerprint density at radius 1 is 1.11 bits per heavy atom. The van der Waals surface area contributed by atoms with Crippen molar-refractivity contribution in [3.8, 4) is 17.2 Å². The molecule has 0 aliphatic carbocycles. The molecule has 19 heavy (non-hydrogen) atoms. The molecule has 4 N–H and O–H groups in total. The maximum Gasteiger partial charge on any atom is 0.200 e. The molecular weight excluding hydrogens is 262 g/mol. The summed E-state index contributed by atoms with van der Waals surface area (Å²) in [6, 6.07) is 2.99. The van der Waals surface area contributed by atoms with Crippen LogP contribution in [0.15, 0.2) is 12.1 Å². The molecule has 0 atom stereocenters. The van der Waals surface area contributed by atoms with Gasteiger partial charge in [-0.05, 0) is 25.2 Å². The first kappa shape index (κ1) is 16.0. The molecule has 0 unspecified atom stereocenters. The molecule has 0 amide bonds. The topological polar surface area (TPSA) is 72.7 Å². The number of hydrogen-bond donors (Lipinski definition) is 4. The van der Waals surface area contributed by atoms with Crippen LogP contribution in [0.2, 0.25) is 0 Å². The number of rotatable bonds is 7. The van der Waals surface area contributed by atoms with E-state index in [-0.39, 0.29) is 16.2 Å². The molecule has 1 aromatic carbocycles. The zero-order valence-corrected chi connectivity index (χ0v) is 12.5. The van der Waals surface area contributed by atoms with E-state index >= 15 is 0 Å². The third-order valence-corrected chi connectivity index (χ3v) is 5.29. The summed E-state index contributed by atoms with van der Waals surface area (Å²) in [5.41, 5.74) is 0.581. The monoisotopic (exact) mass is 285 g/mol. The highest BCUT2D eigenvalue weighted by Gasteiger charge is 2.24. The maximum absolute atomic E-state index is 9.72. The second-order valence-corrected chi connectivity index (χ2v) is 5.91. The molecule has 108 valence electrons. The normalized spacial score (nSPS) is 11.7. The fourth-order valence-corrected chi connectivity index (χ4v) is 2.86. The van der Waals surface area contributed by atoms with Gasteiger partial charge >= 0.3 is 0 Å². The Morgan fingerprint density at radius 2 is 1.74 bits per heavy atom. The van der Waals surface area contributed by atoms with E-state index in [9.17, 15) is 15.3 Å². The molecule has 0 fully saturated rings. The summed E-state index contributed by atoms with van der Waals surface area (Å²) < 4.78 is 0.203. The predicted octanol–water partition coefficient (Wildman–Crippen LogP) is 2.81. The second kappa shape index (κ2) is 6.91. The highest BCUT2D eigenvalue weighted by molar-refractivity contribution is 8.00. The first-order valence-electron chi connectivity index (χ1n) is 6.48. The van der Waals surface area contributed by atoms with E-state index < -0.39 is 5.75 Å². The van der Waals surface area contributed by atoms with E-state index in [0.29, 0.717) is 12.1 Å². The first-order valence-corrected chi connectivity index (χ1v) is 7.70. The van der Waals surface area contributed by atoms with Crippen molar-refractivity contribution in [1.29, 1.82) is 0 Å². The fourth-order valence-electron chi connectivity index (χ4n) is 2.04. The van der Waals surface area contributed by atoms with Gasteiger partial charge in [-0.3, -0.25) is 0 Å². The zero-order chi connectivity index (χ0) is 14.5. The summed E-state index contributed by atoms with van der Waals surface area (Å²) >= 11 is 1.85. The summed E-state index contributed by atoms with van der Waals surface area (Å²) in [6.07, 6.45) is 4.26. The van der Waals surface area contributed by atoms with Crippen molar-refractivity contribution in [2.45, 2.75) is 38.0 Å². The molecule has 0 spiro atoms. The molecule has 0 radical (unpaired) electrons. The van der Waals surface area contributed by atoms with Crippen LogP contribution in [0.3, 0.4) is 0 Å². The lowest BCUT2D eigenvalue weighted by molar-refractivity contribution is 0.363. The lowest BCUT2D eigenvalue weighted by Crippen LogP contribution is -2.36. The molecule has 1 rings (SSSR count). The van der Waals surface area contributed by atoms with E-state index in [4.69, 9.17) is 0 Å². The van der Waals surface area contributed by atoms with Crippen LogP contribution in [0.25, 0.3) is 0 Å². The number of phenolic OH excluding ortho intramolecular Hbond substituents is 3. The van der Waals surface area contributed by atoms with E-state index in [1.807, 2.05) is 11.8 Å². The van der Waals surface area contributed by atoms with Gasteiger partial charge in [0.15, 0.2) is 11.5 Å². The van der Waals surface area contributed by atoms with Gasteiger partial charge in [-0.2, -0.15) is 11.8 Å². The maximum atomic E-state index is 9.72. The van der Waals surface area contributed by atoms with Crippen molar-refractivity contribution < 1.29 is 15.3 Å². The first-order chi connectivity index (χ1) is 8.99. The van der Waals surface area contributed by atoms with Crippen molar-refractivity contribution in [2.75, 3.05) is 12.8 Å². The van der Waals surface area contributed by atoms with Crippen LogP contribution in [0.5, 0.6) is 17.2 Å². The molecule has 0 saturated carbocycles. The van der Waals surface area contributed by atoms with Crippen molar-refractivity contribution in [3.63, 3.8) is 0 Å². The van der Waals surface area contributed by atoms with Gasteiger partial charge in [0.25, 0.3) is 0 Å². The van der Waals surface area contributed by atoms with Crippen LogP contribution >= 0.6 is 11.8 Å². The van der Waals surface area contributed by atoms with Gasteiger partial charge in [-0.1, -0.05) is 19.9 Å². The highest BCUT2D eigenvalue weighted by Crippen LogP contribution is 2.37. The number of hydrogen-bond acceptors (Lipinski definition) is 5. The van der Waals surface area contributed by atoms with Crippen LogP contribution in [-0.2, 0) is 6.54 Å². The predicted molar refractivity (Wildman–Crippen MR) is 80.0 cm³/mol. The Morgan fingerprint density at radius 3 is 2.26 bits per heavy atom. The van der Waals surface area contributed by atoms with Crippen LogP contribution in [0, 0.1) is 0 Å². The van der Waals surface area contributed by atoms with Crippen molar-refractivity contribution in [2.24, 2.45) is 0 Å². The minimum Gasteiger partial charge on any atom is -0.504 e. The molecule has 0 aromatic heterocycles. The van der Waals surface area contributed by atoms with Gasteiger partial charge < -0.3 is 20.6 Å². The van der Waals surface area contributed by atoms with Gasteiger partial charge in [0.2, 0.25) is 5.75 Å². The van der Waals surface area contributed by atoms with Gasteiger partial charge in [0.1, 0.15) is 0 Å². The molecule has 0 aliphatic heterocycles. The minimum absolute atomic E-state index is 0.203. The lowest BCUT2D eigenvalue weighted by atomic mass is 10.0. The standard InChI is InChI=1S/C14H23NO3S/c1-4-14(5-2,19-3)9-15-8-10-6-7-11(16)13(18)12(10)17/h6-7,15-18H,4-5,8-9H2,1-3H3. The van der Waals surface area contributed by atoms with Crippen LogP contribution in [-0.4, -0.2) is 32.9 Å². The number of phenols is 3. The largest absolute Gasteiger partial charge is 0.504 e. The summed E-state index contributed by atoms with van der Waals surface area (Å²) in [5.74, 6) is -1.02. The van der Waals surface area contributed by atoms with Crippen molar-refractivity contribution >= 4 is 11.8 Å². The van der Waals surface area contributed by atoms with E-state index in [2.05, 4.69) is 25.4 Å².